The minimum absolute atomic E-state index is 0.0339. The molecule has 0 fully saturated rings. The highest BCUT2D eigenvalue weighted by Crippen LogP contribution is 2.33. The first-order valence-corrected chi connectivity index (χ1v) is 10.3. The number of hydrogen-bond donors (Lipinski definition) is 2. The second kappa shape index (κ2) is 9.01. The van der Waals surface area contributed by atoms with E-state index >= 15 is 0 Å². The fourth-order valence-corrected chi connectivity index (χ4v) is 3.68. The van der Waals surface area contributed by atoms with E-state index in [2.05, 4.69) is 15.6 Å². The number of benzene rings is 1. The van der Waals surface area contributed by atoms with Gasteiger partial charge in [-0.05, 0) is 51.5 Å². The number of nitrogens with zero attached hydrogens (tertiary/aromatic N) is 2. The number of nitrogens with one attached hydrogen (secondary N) is 2. The van der Waals surface area contributed by atoms with E-state index in [0.29, 0.717) is 12.1 Å². The van der Waals surface area contributed by atoms with E-state index in [1.807, 2.05) is 0 Å². The summed E-state index contributed by atoms with van der Waals surface area (Å²) in [6.07, 6.45) is -2.24. The summed E-state index contributed by atoms with van der Waals surface area (Å²) >= 11 is 0. The van der Waals surface area contributed by atoms with E-state index in [1.54, 1.807) is 13.8 Å². The molecule has 0 saturated carbocycles. The van der Waals surface area contributed by atoms with Crippen molar-refractivity contribution in [1.29, 1.82) is 0 Å². The number of rotatable bonds is 6. The largest absolute Gasteiger partial charge is 0.446 e. The Bertz CT molecular complexity index is 1310. The van der Waals surface area contributed by atoms with Crippen LogP contribution >= 0.6 is 0 Å². The average molecular weight is 494 g/mol. The van der Waals surface area contributed by atoms with Crippen molar-refractivity contribution in [3.63, 3.8) is 0 Å². The van der Waals surface area contributed by atoms with Gasteiger partial charge in [-0.2, -0.15) is 13.2 Å². The summed E-state index contributed by atoms with van der Waals surface area (Å²) in [4.78, 5) is 42.6. The Labute approximate surface area is 197 Å². The summed E-state index contributed by atoms with van der Waals surface area (Å²) in [6.45, 7) is 6.13. The van der Waals surface area contributed by atoms with E-state index in [4.69, 9.17) is 4.42 Å². The molecule has 0 bridgehead atoms. The Morgan fingerprint density at radius 1 is 1.11 bits per heavy atom. The first-order valence-electron chi connectivity index (χ1n) is 10.3. The molecule has 0 radical (unpaired) electrons. The molecule has 186 valence electrons. The van der Waals surface area contributed by atoms with Gasteiger partial charge in [-0.1, -0.05) is 0 Å². The lowest BCUT2D eigenvalue weighted by molar-refractivity contribution is -0.140. The predicted octanol–water partition coefficient (Wildman–Crippen LogP) is 4.27. The SMILES string of the molecule is Cc1c(C(=O)C(=O)NC(C)(C)c2ncco2)c(C)n(C)c1C(=O)Nc1ccc(F)c(C(F)(F)F)c1. The molecule has 8 nitrogen and oxygen atoms in total. The topological polar surface area (TPSA) is 106 Å². The standard InChI is InChI=1S/C23H22F4N4O4/c1-11-16(18(32)20(34)30-22(3,4)21-28-8-9-35-21)12(2)31(5)17(11)19(33)29-13-6-7-15(24)14(10-13)23(25,26)27/h6-10H,1-5H3,(H,29,33)(H,30,34). The molecule has 2 amide bonds. The highest BCUT2D eigenvalue weighted by atomic mass is 19.4. The van der Waals surface area contributed by atoms with Crippen LogP contribution in [0.5, 0.6) is 0 Å². The van der Waals surface area contributed by atoms with Gasteiger partial charge in [-0.3, -0.25) is 14.4 Å². The van der Waals surface area contributed by atoms with Crippen LogP contribution in [0.1, 0.15) is 57.4 Å². The van der Waals surface area contributed by atoms with Gasteiger partial charge in [0.05, 0.1) is 17.3 Å². The third-order valence-electron chi connectivity index (χ3n) is 5.50. The molecule has 2 aromatic heterocycles. The molecule has 0 atom stereocenters. The van der Waals surface area contributed by atoms with Gasteiger partial charge in [0.1, 0.15) is 23.3 Å². The first kappa shape index (κ1) is 25.7. The number of carbonyl (C=O) groups excluding carboxylic acids is 3. The summed E-state index contributed by atoms with van der Waals surface area (Å²) in [5.74, 6) is -4.03. The molecule has 3 aromatic rings. The minimum atomic E-state index is -4.95. The zero-order valence-corrected chi connectivity index (χ0v) is 19.4. The Kier molecular flexibility index (Phi) is 6.60. The lowest BCUT2D eigenvalue weighted by atomic mass is 10.0. The Balaban J connectivity index is 1.89. The molecule has 12 heteroatoms. The zero-order valence-electron chi connectivity index (χ0n) is 19.4. The summed E-state index contributed by atoms with van der Waals surface area (Å²) in [7, 11) is 1.47. The van der Waals surface area contributed by atoms with Crippen LogP contribution in [0.4, 0.5) is 23.2 Å². The summed E-state index contributed by atoms with van der Waals surface area (Å²) in [5, 5.41) is 4.82. The first-order chi connectivity index (χ1) is 16.1. The number of hydrogen-bond acceptors (Lipinski definition) is 5. The maximum Gasteiger partial charge on any atom is 0.419 e. The van der Waals surface area contributed by atoms with Crippen molar-refractivity contribution in [3.05, 3.63) is 70.4 Å². The van der Waals surface area contributed by atoms with Crippen LogP contribution in [-0.2, 0) is 23.6 Å². The van der Waals surface area contributed by atoms with Gasteiger partial charge < -0.3 is 19.6 Å². The Morgan fingerprint density at radius 3 is 2.34 bits per heavy atom. The number of Topliss-reactive ketones (excluding diaryl/α,β-unsaturated/α-hetero) is 1. The molecule has 3 rings (SSSR count). The highest BCUT2D eigenvalue weighted by Gasteiger charge is 2.35. The average Bonchev–Trinajstić information content (AvgIpc) is 3.36. The summed E-state index contributed by atoms with van der Waals surface area (Å²) < 4.78 is 59.1. The van der Waals surface area contributed by atoms with Gasteiger partial charge in [0.15, 0.2) is 0 Å². The van der Waals surface area contributed by atoms with E-state index in [1.165, 1.54) is 37.9 Å². The number of aromatic nitrogens is 2. The van der Waals surface area contributed by atoms with E-state index in [0.717, 1.165) is 6.07 Å². The molecule has 0 saturated heterocycles. The number of amides is 2. The van der Waals surface area contributed by atoms with Crippen LogP contribution in [0.3, 0.4) is 0 Å². The number of carbonyl (C=O) groups is 3. The fraction of sp³-hybridized carbons (Fsp3) is 0.304. The van der Waals surface area contributed by atoms with Gasteiger partial charge in [-0.25, -0.2) is 9.37 Å². The minimum Gasteiger partial charge on any atom is -0.446 e. The monoisotopic (exact) mass is 494 g/mol. The zero-order chi connectivity index (χ0) is 26.3. The van der Waals surface area contributed by atoms with Crippen LogP contribution in [-0.4, -0.2) is 27.1 Å². The van der Waals surface area contributed by atoms with E-state index in [-0.39, 0.29) is 34.1 Å². The van der Waals surface area contributed by atoms with Crippen molar-refractivity contribution in [2.45, 2.75) is 39.4 Å². The van der Waals surface area contributed by atoms with Gasteiger partial charge in [-0.15, -0.1) is 0 Å². The van der Waals surface area contributed by atoms with Crippen LogP contribution in [0.15, 0.2) is 35.1 Å². The van der Waals surface area contributed by atoms with Crippen molar-refractivity contribution >= 4 is 23.3 Å². The number of ketones is 1. The predicted molar refractivity (Wildman–Crippen MR) is 116 cm³/mol. The van der Waals surface area contributed by atoms with Crippen LogP contribution in [0, 0.1) is 19.7 Å². The summed E-state index contributed by atoms with van der Waals surface area (Å²) in [5.41, 5.74) is -2.58. The van der Waals surface area contributed by atoms with Gasteiger partial charge in [0.2, 0.25) is 5.89 Å². The second-order valence-electron chi connectivity index (χ2n) is 8.39. The van der Waals surface area contributed by atoms with E-state index < -0.39 is 40.7 Å². The molecule has 35 heavy (non-hydrogen) atoms. The molecular formula is C23H22F4N4O4. The Hall–Kier alpha value is -3.96. The van der Waals surface area contributed by atoms with Crippen molar-refractivity contribution in [1.82, 2.24) is 14.9 Å². The summed E-state index contributed by atoms with van der Waals surface area (Å²) in [6, 6.07) is 2.05. The van der Waals surface area contributed by atoms with Crippen molar-refractivity contribution in [2.75, 3.05) is 5.32 Å². The molecule has 0 unspecified atom stereocenters. The van der Waals surface area contributed by atoms with Crippen molar-refractivity contribution in [3.8, 4) is 0 Å². The van der Waals surface area contributed by atoms with Gasteiger partial charge in [0.25, 0.3) is 17.6 Å². The van der Waals surface area contributed by atoms with Crippen molar-refractivity contribution < 1.29 is 36.4 Å². The fourth-order valence-electron chi connectivity index (χ4n) is 3.68. The number of alkyl halides is 3. The van der Waals surface area contributed by atoms with Gasteiger partial charge >= 0.3 is 6.18 Å². The highest BCUT2D eigenvalue weighted by molar-refractivity contribution is 6.43. The van der Waals surface area contributed by atoms with Crippen molar-refractivity contribution in [2.24, 2.45) is 7.05 Å². The van der Waals surface area contributed by atoms with Crippen LogP contribution < -0.4 is 10.6 Å². The molecule has 2 heterocycles. The maximum absolute atomic E-state index is 13.6. The molecule has 0 aliphatic heterocycles. The smallest absolute Gasteiger partial charge is 0.419 e. The molecule has 0 aliphatic carbocycles. The second-order valence-corrected chi connectivity index (χ2v) is 8.39. The lowest BCUT2D eigenvalue weighted by Crippen LogP contribution is -2.44. The number of halogens is 4. The molecule has 0 spiro atoms. The third kappa shape index (κ3) is 4.96. The maximum atomic E-state index is 13.6. The normalized spacial score (nSPS) is 11.9. The van der Waals surface area contributed by atoms with E-state index in [9.17, 15) is 31.9 Å². The third-order valence-corrected chi connectivity index (χ3v) is 5.50. The lowest BCUT2D eigenvalue weighted by Gasteiger charge is -2.22. The number of anilines is 1. The van der Waals surface area contributed by atoms with Gasteiger partial charge in [0, 0.05) is 18.4 Å². The molecule has 0 aliphatic rings. The van der Waals surface area contributed by atoms with Crippen LogP contribution in [0.25, 0.3) is 0 Å². The van der Waals surface area contributed by atoms with Crippen LogP contribution in [0.2, 0.25) is 0 Å². The molecular weight excluding hydrogens is 472 g/mol. The quantitative estimate of drug-likeness (QED) is 0.302. The molecule has 1 aromatic carbocycles. The number of oxazole rings is 1. The molecule has 2 N–H and O–H groups in total. The Morgan fingerprint density at radius 2 is 1.77 bits per heavy atom.